The maximum atomic E-state index is 11.8. The van der Waals surface area contributed by atoms with Crippen LogP contribution in [0.4, 0.5) is 0 Å². The zero-order valence-corrected chi connectivity index (χ0v) is 10.1. The van der Waals surface area contributed by atoms with Crippen LogP contribution in [0.15, 0.2) is 43.0 Å². The molecule has 1 aromatic rings. The summed E-state index contributed by atoms with van der Waals surface area (Å²) in [6.07, 6.45) is 1.32. The molecule has 1 aromatic carbocycles. The van der Waals surface area contributed by atoms with Gasteiger partial charge in [-0.1, -0.05) is 24.8 Å². The van der Waals surface area contributed by atoms with Crippen LogP contribution in [-0.2, 0) is 4.79 Å². The van der Waals surface area contributed by atoms with Crippen molar-refractivity contribution >= 4 is 11.8 Å². The van der Waals surface area contributed by atoms with Crippen LogP contribution in [0.2, 0.25) is 0 Å². The molecule has 1 N–H and O–H groups in total. The predicted octanol–water partition coefficient (Wildman–Crippen LogP) is 1.31. The number of hydrogen-bond donors (Lipinski definition) is 1. The van der Waals surface area contributed by atoms with Gasteiger partial charge in [0.2, 0.25) is 5.91 Å². The minimum Gasteiger partial charge on any atom is -0.352 e. The predicted molar refractivity (Wildman–Crippen MR) is 71.2 cm³/mol. The molecule has 4 nitrogen and oxygen atoms in total. The molecule has 0 aromatic heterocycles. The van der Waals surface area contributed by atoms with Gasteiger partial charge < -0.3 is 10.2 Å². The molecule has 0 spiro atoms. The first kappa shape index (κ1) is 12.4. The zero-order valence-electron chi connectivity index (χ0n) is 10.1. The van der Waals surface area contributed by atoms with E-state index in [1.807, 2.05) is 18.2 Å². The van der Waals surface area contributed by atoms with Crippen LogP contribution in [0.5, 0.6) is 0 Å². The van der Waals surface area contributed by atoms with Crippen LogP contribution in [0, 0.1) is 5.92 Å². The van der Waals surface area contributed by atoms with Gasteiger partial charge in [-0.05, 0) is 18.2 Å². The van der Waals surface area contributed by atoms with E-state index in [0.29, 0.717) is 31.1 Å². The van der Waals surface area contributed by atoms with Crippen LogP contribution in [-0.4, -0.2) is 36.3 Å². The van der Waals surface area contributed by atoms with Crippen molar-refractivity contribution in [2.45, 2.75) is 0 Å². The fourth-order valence-electron chi connectivity index (χ4n) is 1.94. The van der Waals surface area contributed by atoms with Gasteiger partial charge in [0.25, 0.3) is 5.91 Å². The number of nitrogens with zero attached hydrogens (tertiary/aromatic N) is 1. The van der Waals surface area contributed by atoms with Crippen molar-refractivity contribution in [1.29, 1.82) is 0 Å². The molecule has 1 saturated heterocycles. The van der Waals surface area contributed by atoms with Crippen molar-refractivity contribution in [2.24, 2.45) is 5.92 Å². The van der Waals surface area contributed by atoms with E-state index in [4.69, 9.17) is 0 Å². The first-order chi connectivity index (χ1) is 8.70. The molecule has 1 aliphatic rings. The highest BCUT2D eigenvalue weighted by Crippen LogP contribution is 2.14. The fourth-order valence-corrected chi connectivity index (χ4v) is 1.94. The third-order valence-electron chi connectivity index (χ3n) is 3.03. The van der Waals surface area contributed by atoms with Gasteiger partial charge in [-0.25, -0.2) is 0 Å². The Morgan fingerprint density at radius 2 is 2.06 bits per heavy atom. The lowest BCUT2D eigenvalue weighted by atomic mass is 10.00. The normalized spacial score (nSPS) is 14.8. The van der Waals surface area contributed by atoms with E-state index in [9.17, 15) is 9.59 Å². The molecule has 0 unspecified atom stereocenters. The van der Waals surface area contributed by atoms with E-state index < -0.39 is 0 Å². The number of carbonyl (C=O) groups is 2. The average molecular weight is 246 g/mol. The Bertz CT molecular complexity index is 456. The van der Waals surface area contributed by atoms with Crippen LogP contribution >= 0.6 is 0 Å². The molecule has 0 bridgehead atoms. The summed E-state index contributed by atoms with van der Waals surface area (Å²) in [7, 11) is 0. The zero-order chi connectivity index (χ0) is 13.0. The summed E-state index contributed by atoms with van der Waals surface area (Å²) in [6.45, 7) is 5.44. The molecule has 4 heteroatoms. The summed E-state index contributed by atoms with van der Waals surface area (Å²) in [5.74, 6) is 0.242. The highest BCUT2D eigenvalue weighted by atomic mass is 16.2. The van der Waals surface area contributed by atoms with Crippen LogP contribution in [0.3, 0.4) is 0 Å². The minimum absolute atomic E-state index is 0. The molecule has 18 heavy (non-hydrogen) atoms. The lowest BCUT2D eigenvalue weighted by molar-refractivity contribution is -0.131. The first-order valence-corrected chi connectivity index (χ1v) is 5.95. The number of hydrogen-bond acceptors (Lipinski definition) is 2. The second kappa shape index (κ2) is 5.49. The summed E-state index contributed by atoms with van der Waals surface area (Å²) in [5.41, 5.74) is 0.663. The molecular formula is C14H18N2O2. The molecule has 96 valence electrons. The Morgan fingerprint density at radius 1 is 1.39 bits per heavy atom. The molecular weight excluding hydrogens is 228 g/mol. The summed E-state index contributed by atoms with van der Waals surface area (Å²) in [5, 5.41) is 2.88. The van der Waals surface area contributed by atoms with Gasteiger partial charge in [-0.15, -0.1) is 0 Å². The number of amides is 2. The van der Waals surface area contributed by atoms with E-state index in [1.165, 1.54) is 6.08 Å². The van der Waals surface area contributed by atoms with Crippen LogP contribution in [0.1, 0.15) is 11.8 Å². The quantitative estimate of drug-likeness (QED) is 0.814. The molecule has 2 rings (SSSR count). The Hall–Kier alpha value is -2.10. The van der Waals surface area contributed by atoms with E-state index in [2.05, 4.69) is 11.9 Å². The molecule has 1 fully saturated rings. The SMILES string of the molecule is C=CC(=O)N1CC(CNC(=O)c2ccccc2)C1.[HH]. The van der Waals surface area contributed by atoms with Crippen LogP contribution < -0.4 is 5.32 Å². The molecule has 1 heterocycles. The molecule has 1 aliphatic heterocycles. The average Bonchev–Trinajstić information content (AvgIpc) is 2.37. The van der Waals surface area contributed by atoms with Gasteiger partial charge in [0.15, 0.2) is 0 Å². The standard InChI is InChI=1S/C14H16N2O2.H2/c1-2-13(17)16-9-11(10-16)8-15-14(18)12-6-4-3-5-7-12;/h2-7,11H,1,8-10H2,(H,15,18);1H. The Morgan fingerprint density at radius 3 is 2.67 bits per heavy atom. The largest absolute Gasteiger partial charge is 0.352 e. The second-order valence-electron chi connectivity index (χ2n) is 4.39. The van der Waals surface area contributed by atoms with Crippen molar-refractivity contribution in [3.05, 3.63) is 48.6 Å². The fraction of sp³-hybridized carbons (Fsp3) is 0.286. The van der Waals surface area contributed by atoms with Crippen molar-refractivity contribution < 1.29 is 11.0 Å². The number of carbonyl (C=O) groups excluding carboxylic acids is 2. The molecule has 0 aliphatic carbocycles. The van der Waals surface area contributed by atoms with E-state index >= 15 is 0 Å². The van der Waals surface area contributed by atoms with Gasteiger partial charge in [0, 0.05) is 32.5 Å². The Labute approximate surface area is 108 Å². The van der Waals surface area contributed by atoms with Gasteiger partial charge >= 0.3 is 0 Å². The minimum atomic E-state index is -0.0657. The van der Waals surface area contributed by atoms with Crippen molar-refractivity contribution in [3.63, 3.8) is 0 Å². The number of rotatable bonds is 4. The third-order valence-corrected chi connectivity index (χ3v) is 3.03. The van der Waals surface area contributed by atoms with Gasteiger partial charge in [-0.2, -0.15) is 0 Å². The summed E-state index contributed by atoms with van der Waals surface area (Å²) < 4.78 is 0. The number of nitrogens with one attached hydrogen (secondary N) is 1. The summed E-state index contributed by atoms with van der Waals surface area (Å²) in [6, 6.07) is 9.11. The third kappa shape index (κ3) is 2.77. The van der Waals surface area contributed by atoms with Crippen LogP contribution in [0.25, 0.3) is 0 Å². The van der Waals surface area contributed by atoms with Crippen molar-refractivity contribution in [1.82, 2.24) is 10.2 Å². The maximum absolute atomic E-state index is 11.8. The molecule has 0 radical (unpaired) electrons. The van der Waals surface area contributed by atoms with Gasteiger partial charge in [0.05, 0.1) is 0 Å². The van der Waals surface area contributed by atoms with E-state index in [1.54, 1.807) is 17.0 Å². The Kier molecular flexibility index (Phi) is 3.77. The Balaban J connectivity index is 0.00000180. The highest BCUT2D eigenvalue weighted by molar-refractivity contribution is 5.94. The second-order valence-corrected chi connectivity index (χ2v) is 4.39. The van der Waals surface area contributed by atoms with E-state index in [0.717, 1.165) is 0 Å². The lowest BCUT2D eigenvalue weighted by Crippen LogP contribution is -2.53. The molecule has 0 saturated carbocycles. The number of benzene rings is 1. The number of likely N-dealkylation sites (tertiary alicyclic amines) is 1. The maximum Gasteiger partial charge on any atom is 0.251 e. The van der Waals surface area contributed by atoms with E-state index in [-0.39, 0.29) is 13.2 Å². The summed E-state index contributed by atoms with van der Waals surface area (Å²) >= 11 is 0. The first-order valence-electron chi connectivity index (χ1n) is 5.95. The smallest absolute Gasteiger partial charge is 0.251 e. The summed E-state index contributed by atoms with van der Waals surface area (Å²) in [4.78, 5) is 24.7. The monoisotopic (exact) mass is 246 g/mol. The lowest BCUT2D eigenvalue weighted by Gasteiger charge is -2.38. The molecule has 2 amide bonds. The van der Waals surface area contributed by atoms with Crippen molar-refractivity contribution in [2.75, 3.05) is 19.6 Å². The van der Waals surface area contributed by atoms with Gasteiger partial charge in [0.1, 0.15) is 0 Å². The highest BCUT2D eigenvalue weighted by Gasteiger charge is 2.29. The topological polar surface area (TPSA) is 49.4 Å². The molecule has 0 atom stereocenters. The van der Waals surface area contributed by atoms with Crippen molar-refractivity contribution in [3.8, 4) is 0 Å². The van der Waals surface area contributed by atoms with Gasteiger partial charge in [-0.3, -0.25) is 9.59 Å².